The molecule has 0 bridgehead atoms. The fraction of sp³-hybridized carbons (Fsp3) is 0.395. The quantitative estimate of drug-likeness (QED) is 0.190. The molecule has 0 unspecified atom stereocenters. The van der Waals surface area contributed by atoms with Crippen molar-refractivity contribution in [1.82, 2.24) is 14.7 Å². The molecule has 1 aliphatic rings. The normalized spacial score (nSPS) is 16.4. The maximum absolute atomic E-state index is 14.5. The summed E-state index contributed by atoms with van der Waals surface area (Å²) in [5.74, 6) is 0.705. The predicted octanol–water partition coefficient (Wildman–Crippen LogP) is 8.91. The SMILES string of the molecule is COc1ccc(-c2ccc(C(=O)N(C)C)cc2)cc1CN(C(=O)c1sc2ccccc2c1Cl)C1CCC(CN(C(=O)O)C(C)(C)C)CC1. The van der Waals surface area contributed by atoms with Gasteiger partial charge in [-0.05, 0) is 93.8 Å². The molecular weight excluding hydrogens is 646 g/mol. The van der Waals surface area contributed by atoms with Crippen LogP contribution < -0.4 is 4.74 Å². The minimum absolute atomic E-state index is 0.0604. The summed E-state index contributed by atoms with van der Waals surface area (Å²) in [5.41, 5.74) is 2.87. The van der Waals surface area contributed by atoms with Gasteiger partial charge in [-0.1, -0.05) is 48.0 Å². The van der Waals surface area contributed by atoms with Crippen LogP contribution in [0, 0.1) is 5.92 Å². The highest BCUT2D eigenvalue weighted by molar-refractivity contribution is 7.21. The summed E-state index contributed by atoms with van der Waals surface area (Å²) >= 11 is 8.27. The monoisotopic (exact) mass is 689 g/mol. The maximum atomic E-state index is 14.5. The fourth-order valence-electron chi connectivity index (χ4n) is 6.51. The van der Waals surface area contributed by atoms with Gasteiger partial charge in [0, 0.05) is 60.0 Å². The van der Waals surface area contributed by atoms with Crippen molar-refractivity contribution in [1.29, 1.82) is 0 Å². The van der Waals surface area contributed by atoms with E-state index in [1.807, 2.05) is 92.4 Å². The predicted molar refractivity (Wildman–Crippen MR) is 193 cm³/mol. The minimum atomic E-state index is -0.910. The van der Waals surface area contributed by atoms with Crippen molar-refractivity contribution < 1.29 is 24.2 Å². The number of amides is 3. The van der Waals surface area contributed by atoms with E-state index in [4.69, 9.17) is 16.3 Å². The van der Waals surface area contributed by atoms with Gasteiger partial charge in [-0.3, -0.25) is 9.59 Å². The summed E-state index contributed by atoms with van der Waals surface area (Å²) in [5, 5.41) is 11.2. The molecule has 0 spiro atoms. The molecule has 1 fully saturated rings. The van der Waals surface area contributed by atoms with Crippen LogP contribution in [0.5, 0.6) is 5.75 Å². The van der Waals surface area contributed by atoms with Crippen molar-refractivity contribution >= 4 is 50.9 Å². The number of hydrogen-bond acceptors (Lipinski definition) is 5. The van der Waals surface area contributed by atoms with E-state index < -0.39 is 11.6 Å². The second-order valence-corrected chi connectivity index (χ2v) is 15.1. The van der Waals surface area contributed by atoms with Gasteiger partial charge in [0.2, 0.25) is 0 Å². The number of benzene rings is 3. The van der Waals surface area contributed by atoms with E-state index in [9.17, 15) is 19.5 Å². The van der Waals surface area contributed by atoms with Crippen LogP contribution in [0.1, 0.15) is 72.0 Å². The summed E-state index contributed by atoms with van der Waals surface area (Å²) in [4.78, 5) is 44.5. The van der Waals surface area contributed by atoms with Crippen LogP contribution >= 0.6 is 22.9 Å². The van der Waals surface area contributed by atoms with E-state index in [1.165, 1.54) is 16.2 Å². The highest BCUT2D eigenvalue weighted by atomic mass is 35.5. The number of methoxy groups -OCH3 is 1. The molecule has 1 N–H and O–H groups in total. The molecule has 3 aromatic carbocycles. The van der Waals surface area contributed by atoms with Crippen molar-refractivity contribution in [3.63, 3.8) is 0 Å². The number of halogens is 1. The first-order chi connectivity index (χ1) is 22.8. The molecule has 4 aromatic rings. The summed E-state index contributed by atoms with van der Waals surface area (Å²) in [7, 11) is 5.09. The van der Waals surface area contributed by atoms with E-state index in [0.29, 0.717) is 34.3 Å². The summed E-state index contributed by atoms with van der Waals surface area (Å²) in [6.07, 6.45) is 2.21. The third-order valence-electron chi connectivity index (χ3n) is 9.22. The van der Waals surface area contributed by atoms with Crippen LogP contribution in [-0.2, 0) is 6.54 Å². The van der Waals surface area contributed by atoms with Crippen LogP contribution in [-0.4, -0.2) is 77.0 Å². The molecule has 254 valence electrons. The highest BCUT2D eigenvalue weighted by Crippen LogP contribution is 2.39. The van der Waals surface area contributed by atoms with Crippen molar-refractivity contribution in [3.8, 4) is 16.9 Å². The Morgan fingerprint density at radius 2 is 1.56 bits per heavy atom. The van der Waals surface area contributed by atoms with Crippen LogP contribution in [0.25, 0.3) is 21.2 Å². The average Bonchev–Trinajstić information content (AvgIpc) is 3.41. The Kier molecular flexibility index (Phi) is 10.7. The Hall–Kier alpha value is -4.08. The van der Waals surface area contributed by atoms with Gasteiger partial charge in [-0.15, -0.1) is 11.3 Å². The van der Waals surface area contributed by atoms with E-state index >= 15 is 0 Å². The molecule has 1 heterocycles. The molecule has 0 saturated heterocycles. The van der Waals surface area contributed by atoms with E-state index in [-0.39, 0.29) is 23.8 Å². The Morgan fingerprint density at radius 1 is 0.917 bits per heavy atom. The van der Waals surface area contributed by atoms with E-state index in [1.54, 1.807) is 26.1 Å². The molecule has 0 atom stereocenters. The summed E-state index contributed by atoms with van der Waals surface area (Å²) in [6, 6.07) is 21.2. The van der Waals surface area contributed by atoms with Crippen molar-refractivity contribution in [2.45, 2.75) is 64.6 Å². The first kappa shape index (κ1) is 35.2. The van der Waals surface area contributed by atoms with E-state index in [0.717, 1.165) is 52.5 Å². The number of carbonyl (C=O) groups excluding carboxylic acids is 2. The molecule has 8 nitrogen and oxygen atoms in total. The van der Waals surface area contributed by atoms with Crippen LogP contribution in [0.15, 0.2) is 66.7 Å². The highest BCUT2D eigenvalue weighted by Gasteiger charge is 2.35. The molecular formula is C38H44ClN3O5S. The number of rotatable bonds is 9. The Morgan fingerprint density at radius 3 is 2.15 bits per heavy atom. The smallest absolute Gasteiger partial charge is 0.407 e. The Bertz CT molecular complexity index is 1790. The number of thiophene rings is 1. The molecule has 0 aliphatic heterocycles. The standard InChI is InChI=1S/C38H44ClN3O5S/c1-38(2,3)42(37(45)46)22-24-11-18-29(19-12-24)41(36(44)34-33(39)30-9-7-8-10-32(30)48-34)23-28-21-27(17-20-31(28)47-6)25-13-15-26(16-14-25)35(43)40(4)5/h7-10,13-17,20-21,24,29H,11-12,18-19,22-23H2,1-6H3,(H,45,46). The average molecular weight is 690 g/mol. The summed E-state index contributed by atoms with van der Waals surface area (Å²) < 4.78 is 6.76. The molecule has 3 amide bonds. The zero-order chi connectivity index (χ0) is 34.7. The summed E-state index contributed by atoms with van der Waals surface area (Å²) in [6.45, 7) is 6.54. The zero-order valence-electron chi connectivity index (χ0n) is 28.5. The first-order valence-corrected chi connectivity index (χ1v) is 17.5. The molecule has 0 radical (unpaired) electrons. The molecule has 1 aromatic heterocycles. The molecule has 5 rings (SSSR count). The number of fused-ring (bicyclic) bond motifs is 1. The van der Waals surface area contributed by atoms with Gasteiger partial charge in [-0.2, -0.15) is 0 Å². The third kappa shape index (κ3) is 7.63. The second kappa shape index (κ2) is 14.6. The fourth-order valence-corrected chi connectivity index (χ4v) is 7.98. The van der Waals surface area contributed by atoms with Crippen LogP contribution in [0.3, 0.4) is 0 Å². The van der Waals surface area contributed by atoms with E-state index in [2.05, 4.69) is 0 Å². The van der Waals surface area contributed by atoms with Gasteiger partial charge in [0.1, 0.15) is 10.6 Å². The van der Waals surface area contributed by atoms with Gasteiger partial charge in [0.15, 0.2) is 0 Å². The van der Waals surface area contributed by atoms with Gasteiger partial charge in [-0.25, -0.2) is 4.79 Å². The number of hydrogen-bond donors (Lipinski definition) is 1. The van der Waals surface area contributed by atoms with Crippen LogP contribution in [0.2, 0.25) is 5.02 Å². The number of ether oxygens (including phenoxy) is 1. The van der Waals surface area contributed by atoms with Gasteiger partial charge in [0.05, 0.1) is 12.1 Å². The van der Waals surface area contributed by atoms with Gasteiger partial charge < -0.3 is 24.5 Å². The number of carbonyl (C=O) groups is 3. The lowest BCUT2D eigenvalue weighted by Gasteiger charge is -2.40. The number of carboxylic acid groups (broad SMARTS) is 1. The zero-order valence-corrected chi connectivity index (χ0v) is 30.0. The minimum Gasteiger partial charge on any atom is -0.496 e. The van der Waals surface area contributed by atoms with Crippen molar-refractivity contribution in [2.24, 2.45) is 5.92 Å². The third-order valence-corrected chi connectivity index (χ3v) is 10.9. The molecule has 1 aliphatic carbocycles. The Balaban J connectivity index is 1.46. The lowest BCUT2D eigenvalue weighted by molar-refractivity contribution is 0.0535. The molecule has 1 saturated carbocycles. The lowest BCUT2D eigenvalue weighted by atomic mass is 9.84. The molecule has 10 heteroatoms. The molecule has 48 heavy (non-hydrogen) atoms. The lowest BCUT2D eigenvalue weighted by Crippen LogP contribution is -2.48. The topological polar surface area (TPSA) is 90.4 Å². The van der Waals surface area contributed by atoms with Gasteiger partial charge in [0.25, 0.3) is 11.8 Å². The second-order valence-electron chi connectivity index (χ2n) is 13.7. The van der Waals surface area contributed by atoms with Crippen LogP contribution in [0.4, 0.5) is 4.79 Å². The number of nitrogens with zero attached hydrogens (tertiary/aromatic N) is 3. The van der Waals surface area contributed by atoms with Crippen molar-refractivity contribution in [3.05, 3.63) is 87.8 Å². The maximum Gasteiger partial charge on any atom is 0.407 e. The largest absolute Gasteiger partial charge is 0.496 e. The van der Waals surface area contributed by atoms with Gasteiger partial charge >= 0.3 is 6.09 Å². The van der Waals surface area contributed by atoms with Crippen molar-refractivity contribution in [2.75, 3.05) is 27.7 Å². The first-order valence-electron chi connectivity index (χ1n) is 16.3. The Labute approximate surface area is 291 Å².